The van der Waals surface area contributed by atoms with Crippen molar-refractivity contribution < 1.29 is 5.11 Å². The van der Waals surface area contributed by atoms with Gasteiger partial charge in [-0.3, -0.25) is 0 Å². The Labute approximate surface area is 69.5 Å². The number of aliphatic hydroxyl groups is 1. The summed E-state index contributed by atoms with van der Waals surface area (Å²) in [7, 11) is 0. The quantitative estimate of drug-likeness (QED) is 0.676. The largest absolute Gasteiger partial charge is 0.387 e. The SMILES string of the molecule is CC(O)c1cn2ncccc2n1. The molecule has 1 unspecified atom stereocenters. The first-order valence-electron chi connectivity index (χ1n) is 3.76. The molecule has 4 heteroatoms. The summed E-state index contributed by atoms with van der Waals surface area (Å²) < 4.78 is 1.64. The molecular weight excluding hydrogens is 154 g/mol. The van der Waals surface area contributed by atoms with Crippen LogP contribution in [0.5, 0.6) is 0 Å². The summed E-state index contributed by atoms with van der Waals surface area (Å²) in [5, 5.41) is 13.2. The Bertz CT molecular complexity index is 361. The highest BCUT2D eigenvalue weighted by Crippen LogP contribution is 2.10. The van der Waals surface area contributed by atoms with Crippen molar-refractivity contribution in [1.29, 1.82) is 0 Å². The van der Waals surface area contributed by atoms with Crippen LogP contribution in [0.15, 0.2) is 24.5 Å². The number of rotatable bonds is 1. The van der Waals surface area contributed by atoms with Gasteiger partial charge >= 0.3 is 0 Å². The molecule has 0 aliphatic heterocycles. The molecular formula is C8H9N3O. The Kier molecular flexibility index (Phi) is 1.55. The molecule has 0 aromatic carbocycles. The molecule has 0 spiro atoms. The molecule has 0 aliphatic rings. The summed E-state index contributed by atoms with van der Waals surface area (Å²) in [5.74, 6) is 0. The zero-order valence-corrected chi connectivity index (χ0v) is 6.68. The zero-order valence-electron chi connectivity index (χ0n) is 6.68. The summed E-state index contributed by atoms with van der Waals surface area (Å²) in [6.45, 7) is 1.68. The van der Waals surface area contributed by atoms with Crippen LogP contribution in [0.2, 0.25) is 0 Å². The van der Waals surface area contributed by atoms with E-state index in [1.807, 2.05) is 12.1 Å². The van der Waals surface area contributed by atoms with Crippen LogP contribution in [0.25, 0.3) is 5.65 Å². The second kappa shape index (κ2) is 2.57. The van der Waals surface area contributed by atoms with E-state index in [0.717, 1.165) is 5.65 Å². The lowest BCUT2D eigenvalue weighted by molar-refractivity contribution is 0.195. The lowest BCUT2D eigenvalue weighted by Crippen LogP contribution is -1.89. The van der Waals surface area contributed by atoms with E-state index in [9.17, 15) is 5.11 Å². The molecule has 0 fully saturated rings. The van der Waals surface area contributed by atoms with Crippen LogP contribution >= 0.6 is 0 Å². The number of hydrogen-bond acceptors (Lipinski definition) is 3. The summed E-state index contributed by atoms with van der Waals surface area (Å²) in [5.41, 5.74) is 1.40. The predicted octanol–water partition coefficient (Wildman–Crippen LogP) is 0.783. The average molecular weight is 163 g/mol. The summed E-state index contributed by atoms with van der Waals surface area (Å²) in [6.07, 6.45) is 2.87. The fourth-order valence-electron chi connectivity index (χ4n) is 1.05. The Hall–Kier alpha value is -1.42. The Balaban J connectivity index is 2.62. The number of fused-ring (bicyclic) bond motifs is 1. The number of aromatic nitrogens is 3. The van der Waals surface area contributed by atoms with E-state index in [1.165, 1.54) is 0 Å². The highest BCUT2D eigenvalue weighted by atomic mass is 16.3. The molecule has 62 valence electrons. The second-order valence-electron chi connectivity index (χ2n) is 2.67. The molecule has 4 nitrogen and oxygen atoms in total. The molecule has 0 bridgehead atoms. The van der Waals surface area contributed by atoms with E-state index < -0.39 is 6.10 Å². The first kappa shape index (κ1) is 7.24. The van der Waals surface area contributed by atoms with E-state index in [2.05, 4.69) is 10.1 Å². The van der Waals surface area contributed by atoms with Gasteiger partial charge in [0.2, 0.25) is 0 Å². The fraction of sp³-hybridized carbons (Fsp3) is 0.250. The van der Waals surface area contributed by atoms with Gasteiger partial charge in [-0.1, -0.05) is 0 Å². The predicted molar refractivity (Wildman–Crippen MR) is 43.6 cm³/mol. The highest BCUT2D eigenvalue weighted by molar-refractivity contribution is 5.37. The number of hydrogen-bond donors (Lipinski definition) is 1. The third-order valence-corrected chi connectivity index (χ3v) is 1.68. The van der Waals surface area contributed by atoms with Crippen molar-refractivity contribution in [2.24, 2.45) is 0 Å². The van der Waals surface area contributed by atoms with Gasteiger partial charge in [0.25, 0.3) is 0 Å². The third kappa shape index (κ3) is 1.06. The Morgan fingerprint density at radius 2 is 2.42 bits per heavy atom. The summed E-state index contributed by atoms with van der Waals surface area (Å²) >= 11 is 0. The maximum Gasteiger partial charge on any atom is 0.153 e. The molecule has 0 saturated carbocycles. The Morgan fingerprint density at radius 3 is 3.08 bits per heavy atom. The maximum atomic E-state index is 9.22. The van der Waals surface area contributed by atoms with Crippen molar-refractivity contribution >= 4 is 5.65 Å². The smallest absolute Gasteiger partial charge is 0.153 e. The van der Waals surface area contributed by atoms with Crippen LogP contribution < -0.4 is 0 Å². The van der Waals surface area contributed by atoms with Crippen LogP contribution in [0.3, 0.4) is 0 Å². The van der Waals surface area contributed by atoms with Crippen molar-refractivity contribution in [1.82, 2.24) is 14.6 Å². The van der Waals surface area contributed by atoms with E-state index >= 15 is 0 Å². The molecule has 0 saturated heterocycles. The molecule has 1 N–H and O–H groups in total. The molecule has 2 aromatic heterocycles. The minimum atomic E-state index is -0.535. The second-order valence-corrected chi connectivity index (χ2v) is 2.67. The van der Waals surface area contributed by atoms with Crippen LogP contribution in [0.1, 0.15) is 18.7 Å². The van der Waals surface area contributed by atoms with E-state index in [1.54, 1.807) is 23.8 Å². The average Bonchev–Trinajstić information content (AvgIpc) is 2.46. The topological polar surface area (TPSA) is 50.4 Å². The van der Waals surface area contributed by atoms with E-state index in [0.29, 0.717) is 5.69 Å². The normalized spacial score (nSPS) is 13.5. The van der Waals surface area contributed by atoms with Gasteiger partial charge in [-0.2, -0.15) is 5.10 Å². The van der Waals surface area contributed by atoms with Gasteiger partial charge in [0.15, 0.2) is 5.65 Å². The van der Waals surface area contributed by atoms with Gasteiger partial charge in [0.05, 0.1) is 18.0 Å². The van der Waals surface area contributed by atoms with E-state index in [4.69, 9.17) is 0 Å². The molecule has 2 aromatic rings. The van der Waals surface area contributed by atoms with Crippen LogP contribution in [0.4, 0.5) is 0 Å². The van der Waals surface area contributed by atoms with Crippen molar-refractivity contribution in [3.05, 3.63) is 30.2 Å². The summed E-state index contributed by atoms with van der Waals surface area (Å²) in [4.78, 5) is 4.16. The molecule has 0 aliphatic carbocycles. The monoisotopic (exact) mass is 163 g/mol. The van der Waals surface area contributed by atoms with Crippen molar-refractivity contribution in [3.8, 4) is 0 Å². The zero-order chi connectivity index (χ0) is 8.55. The van der Waals surface area contributed by atoms with Gasteiger partial charge in [-0.15, -0.1) is 0 Å². The molecule has 0 amide bonds. The van der Waals surface area contributed by atoms with Gasteiger partial charge in [0.1, 0.15) is 0 Å². The fourth-order valence-corrected chi connectivity index (χ4v) is 1.05. The standard InChI is InChI=1S/C8H9N3O/c1-6(12)7-5-11-8(10-7)3-2-4-9-11/h2-6,12H,1H3. The third-order valence-electron chi connectivity index (χ3n) is 1.68. The lowest BCUT2D eigenvalue weighted by atomic mass is 10.3. The van der Waals surface area contributed by atoms with Crippen molar-refractivity contribution in [3.63, 3.8) is 0 Å². The van der Waals surface area contributed by atoms with E-state index in [-0.39, 0.29) is 0 Å². The van der Waals surface area contributed by atoms with Gasteiger partial charge in [-0.05, 0) is 19.1 Å². The molecule has 12 heavy (non-hydrogen) atoms. The van der Waals surface area contributed by atoms with Crippen LogP contribution in [-0.4, -0.2) is 19.7 Å². The van der Waals surface area contributed by atoms with Crippen LogP contribution in [-0.2, 0) is 0 Å². The van der Waals surface area contributed by atoms with Crippen molar-refractivity contribution in [2.45, 2.75) is 13.0 Å². The van der Waals surface area contributed by atoms with Crippen LogP contribution in [0, 0.1) is 0 Å². The van der Waals surface area contributed by atoms with Gasteiger partial charge in [-0.25, -0.2) is 9.50 Å². The minimum Gasteiger partial charge on any atom is -0.387 e. The van der Waals surface area contributed by atoms with Gasteiger partial charge in [0, 0.05) is 6.20 Å². The number of imidazole rings is 1. The highest BCUT2D eigenvalue weighted by Gasteiger charge is 2.05. The Morgan fingerprint density at radius 1 is 1.58 bits per heavy atom. The minimum absolute atomic E-state index is 0.535. The number of nitrogens with zero attached hydrogens (tertiary/aromatic N) is 3. The lowest BCUT2D eigenvalue weighted by Gasteiger charge is -1.93. The molecule has 2 rings (SSSR count). The summed E-state index contributed by atoms with van der Waals surface area (Å²) in [6, 6.07) is 3.66. The van der Waals surface area contributed by atoms with Crippen molar-refractivity contribution in [2.75, 3.05) is 0 Å². The molecule has 1 atom stereocenters. The first-order chi connectivity index (χ1) is 5.77. The molecule has 0 radical (unpaired) electrons. The van der Waals surface area contributed by atoms with Gasteiger partial charge < -0.3 is 5.11 Å². The first-order valence-corrected chi connectivity index (χ1v) is 3.76. The number of aliphatic hydroxyl groups excluding tert-OH is 1. The maximum absolute atomic E-state index is 9.22. The molecule has 2 heterocycles.